The van der Waals surface area contributed by atoms with E-state index < -0.39 is 5.54 Å². The van der Waals surface area contributed by atoms with Crippen molar-refractivity contribution in [3.05, 3.63) is 60.4 Å². The number of para-hydroxylation sites is 1. The zero-order valence-corrected chi connectivity index (χ0v) is 17.7. The van der Waals surface area contributed by atoms with E-state index in [0.29, 0.717) is 6.67 Å². The van der Waals surface area contributed by atoms with Crippen LogP contribution in [0.2, 0.25) is 0 Å². The molecule has 1 amide bonds. The molecule has 2 saturated heterocycles. The summed E-state index contributed by atoms with van der Waals surface area (Å²) in [5.74, 6) is 1.09. The molecule has 2 aliphatic rings. The van der Waals surface area contributed by atoms with Gasteiger partial charge in [0.2, 0.25) is 5.91 Å². The van der Waals surface area contributed by atoms with Crippen molar-refractivity contribution in [3.8, 4) is 0 Å². The maximum atomic E-state index is 13.0. The SMILES string of the molecule is CN1CN(c2ccccc2)C2(CCN(CCCSc3ccc(F)cc3)CC2)C1=O. The molecule has 2 heterocycles. The number of rotatable bonds is 6. The first-order chi connectivity index (χ1) is 14.1. The van der Waals surface area contributed by atoms with Gasteiger partial charge in [0.05, 0.1) is 6.67 Å². The van der Waals surface area contributed by atoms with Crippen LogP contribution in [-0.4, -0.2) is 60.3 Å². The minimum atomic E-state index is -0.393. The average molecular weight is 414 g/mol. The number of piperidine rings is 1. The molecular weight excluding hydrogens is 385 g/mol. The lowest BCUT2D eigenvalue weighted by Gasteiger charge is -2.43. The van der Waals surface area contributed by atoms with Gasteiger partial charge in [-0.05, 0) is 68.0 Å². The number of hydrogen-bond acceptors (Lipinski definition) is 4. The molecule has 2 fully saturated rings. The third-order valence-corrected chi connectivity index (χ3v) is 7.17. The summed E-state index contributed by atoms with van der Waals surface area (Å²) >= 11 is 1.77. The molecule has 29 heavy (non-hydrogen) atoms. The molecule has 0 radical (unpaired) electrons. The van der Waals surface area contributed by atoms with Crippen molar-refractivity contribution in [1.82, 2.24) is 9.80 Å². The molecule has 4 rings (SSSR count). The first kappa shape index (κ1) is 20.2. The van der Waals surface area contributed by atoms with Crippen LogP contribution in [0.3, 0.4) is 0 Å². The zero-order valence-electron chi connectivity index (χ0n) is 16.9. The third kappa shape index (κ3) is 4.28. The number of carbonyl (C=O) groups is 1. The molecule has 0 unspecified atom stereocenters. The van der Waals surface area contributed by atoms with Crippen molar-refractivity contribution in [2.75, 3.05) is 44.0 Å². The van der Waals surface area contributed by atoms with Crippen molar-refractivity contribution in [3.63, 3.8) is 0 Å². The van der Waals surface area contributed by atoms with Crippen molar-refractivity contribution in [2.24, 2.45) is 0 Å². The fourth-order valence-corrected chi connectivity index (χ4v) is 5.30. The van der Waals surface area contributed by atoms with Gasteiger partial charge in [-0.15, -0.1) is 11.8 Å². The first-order valence-electron chi connectivity index (χ1n) is 10.3. The van der Waals surface area contributed by atoms with Gasteiger partial charge in [-0.1, -0.05) is 18.2 Å². The Bertz CT molecular complexity index is 822. The molecular formula is C23H28FN3OS. The van der Waals surface area contributed by atoms with Gasteiger partial charge >= 0.3 is 0 Å². The van der Waals surface area contributed by atoms with Crippen LogP contribution in [0.4, 0.5) is 10.1 Å². The molecule has 0 bridgehead atoms. The van der Waals surface area contributed by atoms with Crippen molar-refractivity contribution in [1.29, 1.82) is 0 Å². The predicted octanol–water partition coefficient (Wildman–Crippen LogP) is 4.08. The fourth-order valence-electron chi connectivity index (χ4n) is 4.46. The molecule has 0 N–H and O–H groups in total. The molecule has 6 heteroatoms. The highest BCUT2D eigenvalue weighted by atomic mass is 32.2. The van der Waals surface area contributed by atoms with Crippen molar-refractivity contribution < 1.29 is 9.18 Å². The highest BCUT2D eigenvalue weighted by molar-refractivity contribution is 7.99. The van der Waals surface area contributed by atoms with E-state index in [-0.39, 0.29) is 11.7 Å². The molecule has 2 aliphatic heterocycles. The second kappa shape index (κ2) is 8.76. The van der Waals surface area contributed by atoms with Gasteiger partial charge in [0.1, 0.15) is 11.4 Å². The minimum Gasteiger partial charge on any atom is -0.339 e. The lowest BCUT2D eigenvalue weighted by Crippen LogP contribution is -2.56. The first-order valence-corrected chi connectivity index (χ1v) is 11.3. The molecule has 2 aromatic carbocycles. The van der Waals surface area contributed by atoms with Crippen LogP contribution in [0.15, 0.2) is 59.5 Å². The number of benzene rings is 2. The van der Waals surface area contributed by atoms with Crippen molar-refractivity contribution in [2.45, 2.75) is 29.7 Å². The van der Waals surface area contributed by atoms with Crippen LogP contribution in [0.25, 0.3) is 0 Å². The van der Waals surface area contributed by atoms with Gasteiger partial charge < -0.3 is 14.7 Å². The number of amides is 1. The Morgan fingerprint density at radius 2 is 1.72 bits per heavy atom. The maximum Gasteiger partial charge on any atom is 0.249 e. The highest BCUT2D eigenvalue weighted by Gasteiger charge is 2.52. The lowest BCUT2D eigenvalue weighted by atomic mass is 9.85. The lowest BCUT2D eigenvalue weighted by molar-refractivity contribution is -0.132. The summed E-state index contributed by atoms with van der Waals surface area (Å²) in [5, 5.41) is 0. The number of thioether (sulfide) groups is 1. The van der Waals surface area contributed by atoms with Crippen LogP contribution < -0.4 is 4.90 Å². The average Bonchev–Trinajstić information content (AvgIpc) is 2.99. The Morgan fingerprint density at radius 1 is 1.03 bits per heavy atom. The molecule has 0 saturated carbocycles. The van der Waals surface area contributed by atoms with Crippen LogP contribution in [0.1, 0.15) is 19.3 Å². The van der Waals surface area contributed by atoms with E-state index in [1.54, 1.807) is 11.8 Å². The number of nitrogens with zero attached hydrogens (tertiary/aromatic N) is 3. The third-order valence-electron chi connectivity index (χ3n) is 6.07. The molecule has 0 atom stereocenters. The standard InChI is InChI=1S/C23H28FN3OS/c1-25-18-27(20-6-3-2-4-7-20)23(22(25)28)12-15-26(16-13-23)14-5-17-29-21-10-8-19(24)9-11-21/h2-4,6-11H,5,12-18H2,1H3. The van der Waals surface area contributed by atoms with E-state index >= 15 is 0 Å². The van der Waals surface area contributed by atoms with E-state index in [1.807, 2.05) is 42.3 Å². The number of halogens is 1. The number of likely N-dealkylation sites (tertiary alicyclic amines) is 1. The molecule has 2 aromatic rings. The van der Waals surface area contributed by atoms with Gasteiger partial charge in [-0.3, -0.25) is 4.79 Å². The highest BCUT2D eigenvalue weighted by Crippen LogP contribution is 2.38. The van der Waals surface area contributed by atoms with Crippen LogP contribution >= 0.6 is 11.8 Å². The Hall–Kier alpha value is -2.05. The van der Waals surface area contributed by atoms with Crippen LogP contribution in [0, 0.1) is 5.82 Å². The summed E-state index contributed by atoms with van der Waals surface area (Å²) in [6.45, 7) is 3.60. The van der Waals surface area contributed by atoms with E-state index in [9.17, 15) is 9.18 Å². The predicted molar refractivity (Wildman–Crippen MR) is 117 cm³/mol. The van der Waals surface area contributed by atoms with E-state index in [0.717, 1.165) is 55.2 Å². The summed E-state index contributed by atoms with van der Waals surface area (Å²) in [6, 6.07) is 17.0. The molecule has 1 spiro atoms. The maximum absolute atomic E-state index is 13.0. The van der Waals surface area contributed by atoms with Gasteiger partial charge in [0.25, 0.3) is 0 Å². The number of likely N-dealkylation sites (N-methyl/N-ethyl adjacent to an activating group) is 1. The minimum absolute atomic E-state index is 0.187. The fraction of sp³-hybridized carbons (Fsp3) is 0.435. The Labute approximate surface area is 176 Å². The Morgan fingerprint density at radius 3 is 2.41 bits per heavy atom. The summed E-state index contributed by atoms with van der Waals surface area (Å²) in [4.78, 5) is 20.8. The summed E-state index contributed by atoms with van der Waals surface area (Å²) in [5.41, 5.74) is 0.740. The second-order valence-corrected chi connectivity index (χ2v) is 9.11. The molecule has 154 valence electrons. The van der Waals surface area contributed by atoms with Gasteiger partial charge in [-0.2, -0.15) is 0 Å². The molecule has 0 aromatic heterocycles. The normalized spacial score (nSPS) is 19.3. The second-order valence-electron chi connectivity index (χ2n) is 7.94. The summed E-state index contributed by atoms with van der Waals surface area (Å²) in [7, 11) is 1.91. The number of hydrogen-bond donors (Lipinski definition) is 0. The smallest absolute Gasteiger partial charge is 0.249 e. The number of carbonyl (C=O) groups excluding carboxylic acids is 1. The Kier molecular flexibility index (Phi) is 6.11. The van der Waals surface area contributed by atoms with Gasteiger partial charge in [0.15, 0.2) is 0 Å². The Balaban J connectivity index is 1.30. The van der Waals surface area contributed by atoms with Gasteiger partial charge in [-0.25, -0.2) is 4.39 Å². The zero-order chi connectivity index (χ0) is 20.3. The molecule has 0 aliphatic carbocycles. The molecule has 4 nitrogen and oxygen atoms in total. The van der Waals surface area contributed by atoms with Crippen LogP contribution in [0.5, 0.6) is 0 Å². The van der Waals surface area contributed by atoms with E-state index in [1.165, 1.54) is 12.1 Å². The summed E-state index contributed by atoms with van der Waals surface area (Å²) in [6.07, 6.45) is 2.83. The largest absolute Gasteiger partial charge is 0.339 e. The van der Waals surface area contributed by atoms with Crippen LogP contribution in [-0.2, 0) is 4.79 Å². The number of anilines is 1. The summed E-state index contributed by atoms with van der Waals surface area (Å²) < 4.78 is 13.0. The quantitative estimate of drug-likeness (QED) is 0.527. The van der Waals surface area contributed by atoms with Crippen molar-refractivity contribution >= 4 is 23.4 Å². The van der Waals surface area contributed by atoms with E-state index in [2.05, 4.69) is 21.9 Å². The topological polar surface area (TPSA) is 26.8 Å². The van der Waals surface area contributed by atoms with Gasteiger partial charge in [0, 0.05) is 30.7 Å². The van der Waals surface area contributed by atoms with E-state index in [4.69, 9.17) is 0 Å². The monoisotopic (exact) mass is 413 g/mol.